The molecule has 1 N–H and O–H groups in total. The van der Waals surface area contributed by atoms with Crippen LogP contribution in [0.1, 0.15) is 16.1 Å². The van der Waals surface area contributed by atoms with Crippen molar-refractivity contribution in [1.82, 2.24) is 4.98 Å². The van der Waals surface area contributed by atoms with E-state index in [1.54, 1.807) is 35.7 Å². The van der Waals surface area contributed by atoms with Crippen LogP contribution in [-0.4, -0.2) is 53.2 Å². The molecule has 1 aromatic rings. The first-order valence-corrected chi connectivity index (χ1v) is 7.33. The van der Waals surface area contributed by atoms with Gasteiger partial charge in [-0.25, -0.2) is 14.6 Å². The number of ether oxygens (including phenoxy) is 1. The number of hydrogen-bond donors (Lipinski definition) is 1. The van der Waals surface area contributed by atoms with Crippen LogP contribution in [0.5, 0.6) is 0 Å². The van der Waals surface area contributed by atoms with Gasteiger partial charge in [0.05, 0.1) is 18.4 Å². The maximum Gasteiger partial charge on any atom is 0.339 e. The Hall–Kier alpha value is -1.76. The van der Waals surface area contributed by atoms with Gasteiger partial charge in [0.15, 0.2) is 0 Å². The highest BCUT2D eigenvalue weighted by Gasteiger charge is 2.30. The van der Waals surface area contributed by atoms with Crippen molar-refractivity contribution < 1.29 is 19.4 Å². The number of pyridine rings is 1. The van der Waals surface area contributed by atoms with Gasteiger partial charge in [-0.3, -0.25) is 0 Å². The molecule has 0 bridgehead atoms. The molecule has 1 saturated heterocycles. The summed E-state index contributed by atoms with van der Waals surface area (Å²) in [4.78, 5) is 28.9. The van der Waals surface area contributed by atoms with Crippen molar-refractivity contribution >= 4 is 29.5 Å². The lowest BCUT2D eigenvalue weighted by molar-refractivity contribution is -0.138. The van der Waals surface area contributed by atoms with Crippen LogP contribution in [0.3, 0.4) is 0 Å². The van der Waals surface area contributed by atoms with Crippen molar-refractivity contribution in [2.75, 3.05) is 30.1 Å². The standard InChI is InChI=1S/C13H16N2O4S/c1-8-9(13(18)19-2)3-4-11(14-8)15-5-6-20-7-10(15)12(16)17/h3-4,10H,5-7H2,1-2H3,(H,16,17). The first-order valence-electron chi connectivity index (χ1n) is 6.17. The van der Waals surface area contributed by atoms with Crippen LogP contribution in [-0.2, 0) is 9.53 Å². The van der Waals surface area contributed by atoms with E-state index in [0.717, 1.165) is 5.75 Å². The Morgan fingerprint density at radius 1 is 1.50 bits per heavy atom. The monoisotopic (exact) mass is 296 g/mol. The number of anilines is 1. The highest BCUT2D eigenvalue weighted by Crippen LogP contribution is 2.24. The SMILES string of the molecule is COC(=O)c1ccc(N2CCSCC2C(=O)O)nc1C. The number of aryl methyl sites for hydroxylation is 1. The number of carboxylic acid groups (broad SMARTS) is 1. The van der Waals surface area contributed by atoms with Crippen molar-refractivity contribution in [2.45, 2.75) is 13.0 Å². The number of nitrogens with zero attached hydrogens (tertiary/aromatic N) is 2. The average Bonchev–Trinajstić information content (AvgIpc) is 2.46. The zero-order chi connectivity index (χ0) is 14.7. The Morgan fingerprint density at radius 2 is 2.25 bits per heavy atom. The average molecular weight is 296 g/mol. The van der Waals surface area contributed by atoms with Crippen molar-refractivity contribution in [3.05, 3.63) is 23.4 Å². The molecule has 6 nitrogen and oxygen atoms in total. The van der Waals surface area contributed by atoms with E-state index >= 15 is 0 Å². The Labute approximate surface area is 121 Å². The van der Waals surface area contributed by atoms with Crippen LogP contribution < -0.4 is 4.90 Å². The minimum Gasteiger partial charge on any atom is -0.480 e. The molecule has 0 aromatic carbocycles. The van der Waals surface area contributed by atoms with Gasteiger partial charge in [0.1, 0.15) is 11.9 Å². The molecule has 108 valence electrons. The number of carbonyl (C=O) groups is 2. The Bertz CT molecular complexity index is 535. The summed E-state index contributed by atoms with van der Waals surface area (Å²) in [6.45, 7) is 2.34. The van der Waals surface area contributed by atoms with E-state index in [1.165, 1.54) is 7.11 Å². The van der Waals surface area contributed by atoms with Crippen LogP contribution >= 0.6 is 11.8 Å². The third kappa shape index (κ3) is 2.87. The molecule has 1 atom stereocenters. The first kappa shape index (κ1) is 14.6. The number of methoxy groups -OCH3 is 1. The number of rotatable bonds is 3. The smallest absolute Gasteiger partial charge is 0.339 e. The zero-order valence-electron chi connectivity index (χ0n) is 11.3. The second kappa shape index (κ2) is 6.13. The van der Waals surface area contributed by atoms with Crippen LogP contribution in [0.4, 0.5) is 5.82 Å². The largest absolute Gasteiger partial charge is 0.480 e. The molecule has 0 saturated carbocycles. The van der Waals surface area contributed by atoms with Gasteiger partial charge in [-0.2, -0.15) is 11.8 Å². The maximum atomic E-state index is 11.5. The molecular formula is C13H16N2O4S. The highest BCUT2D eigenvalue weighted by atomic mass is 32.2. The van der Waals surface area contributed by atoms with E-state index in [9.17, 15) is 14.7 Å². The third-order valence-electron chi connectivity index (χ3n) is 3.18. The van der Waals surface area contributed by atoms with E-state index in [-0.39, 0.29) is 0 Å². The van der Waals surface area contributed by atoms with E-state index in [2.05, 4.69) is 9.72 Å². The van der Waals surface area contributed by atoms with Gasteiger partial charge in [-0.15, -0.1) is 0 Å². The predicted octanol–water partition coefficient (Wildman–Crippen LogP) is 1.18. The van der Waals surface area contributed by atoms with Gasteiger partial charge in [0.2, 0.25) is 0 Å². The Morgan fingerprint density at radius 3 is 2.85 bits per heavy atom. The summed E-state index contributed by atoms with van der Waals surface area (Å²) in [5, 5.41) is 9.26. The number of aromatic nitrogens is 1. The molecule has 1 aliphatic rings. The van der Waals surface area contributed by atoms with Gasteiger partial charge < -0.3 is 14.7 Å². The fourth-order valence-corrected chi connectivity index (χ4v) is 3.15. The number of esters is 1. The fraction of sp³-hybridized carbons (Fsp3) is 0.462. The summed E-state index contributed by atoms with van der Waals surface area (Å²) in [7, 11) is 1.32. The molecule has 1 aromatic heterocycles. The molecule has 7 heteroatoms. The summed E-state index contributed by atoms with van der Waals surface area (Å²) in [5.74, 6) is 0.694. The molecule has 0 aliphatic carbocycles. The van der Waals surface area contributed by atoms with E-state index < -0.39 is 18.0 Å². The van der Waals surface area contributed by atoms with Crippen molar-refractivity contribution in [3.8, 4) is 0 Å². The molecule has 0 amide bonds. The quantitative estimate of drug-likeness (QED) is 0.839. The predicted molar refractivity (Wildman–Crippen MR) is 76.4 cm³/mol. The molecule has 2 heterocycles. The number of aliphatic carboxylic acids is 1. The summed E-state index contributed by atoms with van der Waals surface area (Å²) >= 11 is 1.62. The van der Waals surface area contributed by atoms with Crippen molar-refractivity contribution in [2.24, 2.45) is 0 Å². The maximum absolute atomic E-state index is 11.5. The first-order chi connectivity index (χ1) is 9.54. The topological polar surface area (TPSA) is 79.7 Å². The van der Waals surface area contributed by atoms with Crippen molar-refractivity contribution in [3.63, 3.8) is 0 Å². The summed E-state index contributed by atoms with van der Waals surface area (Å²) in [6.07, 6.45) is 0. The second-order valence-electron chi connectivity index (χ2n) is 4.42. The lowest BCUT2D eigenvalue weighted by atomic mass is 10.2. The number of hydrogen-bond acceptors (Lipinski definition) is 6. The Kier molecular flexibility index (Phi) is 4.49. The van der Waals surface area contributed by atoms with Gasteiger partial charge in [-0.1, -0.05) is 0 Å². The van der Waals surface area contributed by atoms with E-state index in [4.69, 9.17) is 0 Å². The normalized spacial score (nSPS) is 18.7. The molecule has 20 heavy (non-hydrogen) atoms. The molecule has 0 radical (unpaired) electrons. The Balaban J connectivity index is 2.30. The molecule has 1 unspecified atom stereocenters. The molecule has 2 rings (SSSR count). The van der Waals surface area contributed by atoms with E-state index in [0.29, 0.717) is 29.4 Å². The minimum absolute atomic E-state index is 0.398. The zero-order valence-corrected chi connectivity index (χ0v) is 12.1. The lowest BCUT2D eigenvalue weighted by Crippen LogP contribution is -2.47. The number of carbonyl (C=O) groups excluding carboxylic acids is 1. The third-order valence-corrected chi connectivity index (χ3v) is 4.21. The number of carboxylic acids is 1. The van der Waals surface area contributed by atoms with Crippen LogP contribution in [0.25, 0.3) is 0 Å². The molecule has 1 fully saturated rings. The molecule has 1 aliphatic heterocycles. The van der Waals surface area contributed by atoms with Crippen LogP contribution in [0.15, 0.2) is 12.1 Å². The van der Waals surface area contributed by atoms with Gasteiger partial charge >= 0.3 is 11.9 Å². The fourth-order valence-electron chi connectivity index (χ4n) is 2.12. The van der Waals surface area contributed by atoms with Gasteiger partial charge in [-0.05, 0) is 19.1 Å². The van der Waals surface area contributed by atoms with Gasteiger partial charge in [0.25, 0.3) is 0 Å². The highest BCUT2D eigenvalue weighted by molar-refractivity contribution is 7.99. The minimum atomic E-state index is -0.853. The summed E-state index contributed by atoms with van der Waals surface area (Å²) in [5.41, 5.74) is 0.936. The lowest BCUT2D eigenvalue weighted by Gasteiger charge is -2.33. The summed E-state index contributed by atoms with van der Waals surface area (Å²) in [6, 6.07) is 2.72. The van der Waals surface area contributed by atoms with Gasteiger partial charge in [0, 0.05) is 18.1 Å². The van der Waals surface area contributed by atoms with Crippen LogP contribution in [0, 0.1) is 6.92 Å². The van der Waals surface area contributed by atoms with Crippen LogP contribution in [0.2, 0.25) is 0 Å². The summed E-state index contributed by atoms with van der Waals surface area (Å²) < 4.78 is 4.67. The second-order valence-corrected chi connectivity index (χ2v) is 5.57. The van der Waals surface area contributed by atoms with E-state index in [1.807, 2.05) is 0 Å². The number of thioether (sulfide) groups is 1. The van der Waals surface area contributed by atoms with Crippen molar-refractivity contribution in [1.29, 1.82) is 0 Å². The molecular weight excluding hydrogens is 280 g/mol. The molecule has 0 spiro atoms.